The Morgan fingerprint density at radius 1 is 1.33 bits per heavy atom. The van der Waals surface area contributed by atoms with Gasteiger partial charge in [0.15, 0.2) is 0 Å². The maximum absolute atomic E-state index is 11.7. The number of rotatable bonds is 3. The summed E-state index contributed by atoms with van der Waals surface area (Å²) in [6, 6.07) is 0. The minimum atomic E-state index is -0.0205. The molecule has 1 rings (SSSR count). The second-order valence-electron chi connectivity index (χ2n) is 5.86. The molecule has 2 heteroatoms. The van der Waals surface area contributed by atoms with Gasteiger partial charge in [0.25, 0.3) is 0 Å². The standard InChI is InChI=1S/C13H24O2/c1-5-10-7-6-8-11(10)15-12(14)9-13(2,3)4/h10-11H,5-9H2,1-4H3. The van der Waals surface area contributed by atoms with Crippen LogP contribution in [-0.2, 0) is 9.53 Å². The highest BCUT2D eigenvalue weighted by molar-refractivity contribution is 5.70. The number of carbonyl (C=O) groups excluding carboxylic acids is 1. The molecule has 1 fully saturated rings. The zero-order valence-electron chi connectivity index (χ0n) is 10.5. The fourth-order valence-corrected chi connectivity index (χ4v) is 2.27. The van der Waals surface area contributed by atoms with Crippen molar-refractivity contribution in [2.45, 2.75) is 65.9 Å². The number of ether oxygens (including phenoxy) is 1. The topological polar surface area (TPSA) is 26.3 Å². The summed E-state index contributed by atoms with van der Waals surface area (Å²) in [5.74, 6) is 0.585. The Bertz CT molecular complexity index is 215. The van der Waals surface area contributed by atoms with Crippen LogP contribution in [0.15, 0.2) is 0 Å². The molecule has 0 N–H and O–H groups in total. The van der Waals surface area contributed by atoms with Crippen molar-refractivity contribution in [1.29, 1.82) is 0 Å². The average Bonchev–Trinajstić information content (AvgIpc) is 2.48. The molecule has 1 aliphatic rings. The quantitative estimate of drug-likeness (QED) is 0.669. The molecule has 1 aliphatic carbocycles. The second kappa shape index (κ2) is 5.00. The molecule has 1 saturated carbocycles. The Labute approximate surface area is 93.4 Å². The highest BCUT2D eigenvalue weighted by atomic mass is 16.5. The van der Waals surface area contributed by atoms with Gasteiger partial charge in [-0.05, 0) is 37.0 Å². The molecule has 0 spiro atoms. The zero-order chi connectivity index (χ0) is 11.5. The predicted molar refractivity (Wildman–Crippen MR) is 61.6 cm³/mol. The third-order valence-corrected chi connectivity index (χ3v) is 3.07. The first-order valence-corrected chi connectivity index (χ1v) is 6.12. The lowest BCUT2D eigenvalue weighted by Gasteiger charge is -2.22. The van der Waals surface area contributed by atoms with Crippen molar-refractivity contribution >= 4 is 5.97 Å². The molecule has 0 aromatic rings. The van der Waals surface area contributed by atoms with Gasteiger partial charge in [-0.15, -0.1) is 0 Å². The molecule has 0 radical (unpaired) electrons. The zero-order valence-corrected chi connectivity index (χ0v) is 10.5. The predicted octanol–water partition coefficient (Wildman–Crippen LogP) is 3.54. The lowest BCUT2D eigenvalue weighted by atomic mass is 9.92. The van der Waals surface area contributed by atoms with Crippen molar-refractivity contribution in [3.05, 3.63) is 0 Å². The van der Waals surface area contributed by atoms with E-state index in [1.54, 1.807) is 0 Å². The van der Waals surface area contributed by atoms with Crippen molar-refractivity contribution in [2.75, 3.05) is 0 Å². The van der Waals surface area contributed by atoms with E-state index in [1.165, 1.54) is 12.8 Å². The van der Waals surface area contributed by atoms with E-state index in [0.29, 0.717) is 12.3 Å². The number of carbonyl (C=O) groups is 1. The Hall–Kier alpha value is -0.530. The molecule has 0 aromatic carbocycles. The molecule has 88 valence electrons. The van der Waals surface area contributed by atoms with Crippen molar-refractivity contribution in [3.8, 4) is 0 Å². The van der Waals surface area contributed by atoms with Crippen LogP contribution >= 0.6 is 0 Å². The van der Waals surface area contributed by atoms with Crippen molar-refractivity contribution in [1.82, 2.24) is 0 Å². The van der Waals surface area contributed by atoms with Gasteiger partial charge in [0.1, 0.15) is 6.10 Å². The van der Waals surface area contributed by atoms with E-state index in [4.69, 9.17) is 4.74 Å². The van der Waals surface area contributed by atoms with Gasteiger partial charge < -0.3 is 4.74 Å². The van der Waals surface area contributed by atoms with E-state index >= 15 is 0 Å². The number of esters is 1. The van der Waals surface area contributed by atoms with Crippen LogP contribution < -0.4 is 0 Å². The maximum atomic E-state index is 11.7. The van der Waals surface area contributed by atoms with Crippen LogP contribution in [0.25, 0.3) is 0 Å². The summed E-state index contributed by atoms with van der Waals surface area (Å²) in [7, 11) is 0. The molecule has 2 atom stereocenters. The molecule has 0 aromatic heterocycles. The van der Waals surface area contributed by atoms with Crippen LogP contribution in [0.4, 0.5) is 0 Å². The van der Waals surface area contributed by atoms with Gasteiger partial charge in [0.2, 0.25) is 0 Å². The summed E-state index contributed by atoms with van der Waals surface area (Å²) in [6.07, 6.45) is 5.36. The summed E-state index contributed by atoms with van der Waals surface area (Å²) in [5, 5.41) is 0. The van der Waals surface area contributed by atoms with Crippen LogP contribution in [0.2, 0.25) is 0 Å². The lowest BCUT2D eigenvalue weighted by Crippen LogP contribution is -2.24. The van der Waals surface area contributed by atoms with Crippen molar-refractivity contribution in [2.24, 2.45) is 11.3 Å². The number of hydrogen-bond acceptors (Lipinski definition) is 2. The Balaban J connectivity index is 2.37. The SMILES string of the molecule is CCC1CCCC1OC(=O)CC(C)(C)C. The second-order valence-corrected chi connectivity index (χ2v) is 5.86. The van der Waals surface area contributed by atoms with Gasteiger partial charge >= 0.3 is 5.97 Å². The maximum Gasteiger partial charge on any atom is 0.306 e. The van der Waals surface area contributed by atoms with Gasteiger partial charge in [-0.3, -0.25) is 4.79 Å². The van der Waals surface area contributed by atoms with E-state index in [2.05, 4.69) is 27.7 Å². The van der Waals surface area contributed by atoms with E-state index in [1.807, 2.05) is 0 Å². The molecule has 2 nitrogen and oxygen atoms in total. The molecular weight excluding hydrogens is 188 g/mol. The van der Waals surface area contributed by atoms with Crippen LogP contribution in [0.5, 0.6) is 0 Å². The fraction of sp³-hybridized carbons (Fsp3) is 0.923. The van der Waals surface area contributed by atoms with Gasteiger partial charge in [0.05, 0.1) is 6.42 Å². The van der Waals surface area contributed by atoms with Crippen LogP contribution in [-0.4, -0.2) is 12.1 Å². The fourth-order valence-electron chi connectivity index (χ4n) is 2.27. The minimum absolute atomic E-state index is 0.0205. The highest BCUT2D eigenvalue weighted by Gasteiger charge is 2.29. The van der Waals surface area contributed by atoms with Crippen LogP contribution in [0.3, 0.4) is 0 Å². The van der Waals surface area contributed by atoms with E-state index in [-0.39, 0.29) is 17.5 Å². The molecule has 15 heavy (non-hydrogen) atoms. The molecule has 0 aliphatic heterocycles. The minimum Gasteiger partial charge on any atom is -0.462 e. The first kappa shape index (κ1) is 12.5. The van der Waals surface area contributed by atoms with Gasteiger partial charge in [-0.2, -0.15) is 0 Å². The summed E-state index contributed by atoms with van der Waals surface area (Å²) in [6.45, 7) is 8.39. The molecule has 0 amide bonds. The Kier molecular flexibility index (Phi) is 4.18. The summed E-state index contributed by atoms with van der Waals surface area (Å²) < 4.78 is 5.55. The van der Waals surface area contributed by atoms with E-state index < -0.39 is 0 Å². The molecule has 0 saturated heterocycles. The third-order valence-electron chi connectivity index (χ3n) is 3.07. The smallest absolute Gasteiger partial charge is 0.306 e. The van der Waals surface area contributed by atoms with Crippen LogP contribution in [0.1, 0.15) is 59.8 Å². The first-order valence-electron chi connectivity index (χ1n) is 6.12. The average molecular weight is 212 g/mol. The Morgan fingerprint density at radius 2 is 2.00 bits per heavy atom. The van der Waals surface area contributed by atoms with Crippen molar-refractivity contribution < 1.29 is 9.53 Å². The highest BCUT2D eigenvalue weighted by Crippen LogP contribution is 2.31. The molecule has 2 unspecified atom stereocenters. The van der Waals surface area contributed by atoms with Crippen LogP contribution in [0, 0.1) is 11.3 Å². The lowest BCUT2D eigenvalue weighted by molar-refractivity contribution is -0.152. The summed E-state index contributed by atoms with van der Waals surface area (Å²) >= 11 is 0. The molecule has 0 heterocycles. The molecular formula is C13H24O2. The Morgan fingerprint density at radius 3 is 2.53 bits per heavy atom. The van der Waals surface area contributed by atoms with Crippen molar-refractivity contribution in [3.63, 3.8) is 0 Å². The normalized spacial score (nSPS) is 26.7. The molecule has 0 bridgehead atoms. The first-order chi connectivity index (χ1) is 6.92. The summed E-state index contributed by atoms with van der Waals surface area (Å²) in [5.41, 5.74) is 0.0391. The van der Waals surface area contributed by atoms with Gasteiger partial charge in [-0.25, -0.2) is 0 Å². The third kappa shape index (κ3) is 4.23. The van der Waals surface area contributed by atoms with E-state index in [0.717, 1.165) is 12.8 Å². The number of hydrogen-bond donors (Lipinski definition) is 0. The largest absolute Gasteiger partial charge is 0.462 e. The monoisotopic (exact) mass is 212 g/mol. The van der Waals surface area contributed by atoms with Gasteiger partial charge in [0, 0.05) is 0 Å². The van der Waals surface area contributed by atoms with E-state index in [9.17, 15) is 4.79 Å². The van der Waals surface area contributed by atoms with Gasteiger partial charge in [-0.1, -0.05) is 27.7 Å². The summed E-state index contributed by atoms with van der Waals surface area (Å²) in [4.78, 5) is 11.7.